The highest BCUT2D eigenvalue weighted by Gasteiger charge is 2.32. The minimum absolute atomic E-state index is 0.0688. The van der Waals surface area contributed by atoms with Crippen LogP contribution in [-0.2, 0) is 32.5 Å². The SMILES string of the molecule is CCCN(CCC)S(=O)(=O)c1ccc(C(=O)Nc2sc3c(c2C(=O)NC(=O)OCC)CCN(C(=O)OCC)C3)cc1. The molecule has 2 aromatic rings. The molecule has 224 valence electrons. The minimum Gasteiger partial charge on any atom is -0.450 e. The van der Waals surface area contributed by atoms with Gasteiger partial charge in [-0.1, -0.05) is 13.8 Å². The number of rotatable bonds is 11. The summed E-state index contributed by atoms with van der Waals surface area (Å²) < 4.78 is 37.5. The van der Waals surface area contributed by atoms with E-state index in [2.05, 4.69) is 10.6 Å². The predicted octanol–water partition coefficient (Wildman–Crippen LogP) is 4.21. The molecular formula is C27H36N4O8S2. The number of nitrogens with zero attached hydrogens (tertiary/aromatic N) is 2. The Morgan fingerprint density at radius 2 is 1.59 bits per heavy atom. The van der Waals surface area contributed by atoms with E-state index in [9.17, 15) is 27.6 Å². The van der Waals surface area contributed by atoms with E-state index in [4.69, 9.17) is 9.47 Å². The third kappa shape index (κ3) is 7.63. The molecule has 14 heteroatoms. The van der Waals surface area contributed by atoms with Gasteiger partial charge in [0.15, 0.2) is 0 Å². The summed E-state index contributed by atoms with van der Waals surface area (Å²) in [6, 6.07) is 5.58. The fourth-order valence-electron chi connectivity index (χ4n) is 4.38. The normalized spacial score (nSPS) is 13.0. The van der Waals surface area contributed by atoms with Gasteiger partial charge in [-0.15, -0.1) is 11.3 Å². The third-order valence-electron chi connectivity index (χ3n) is 6.23. The van der Waals surface area contributed by atoms with Crippen molar-refractivity contribution in [2.24, 2.45) is 0 Å². The number of nitrogens with one attached hydrogen (secondary N) is 2. The lowest BCUT2D eigenvalue weighted by molar-refractivity contribution is 0.0924. The first-order valence-corrected chi connectivity index (χ1v) is 15.8. The molecule has 1 aromatic heterocycles. The molecule has 1 aromatic carbocycles. The summed E-state index contributed by atoms with van der Waals surface area (Å²) in [5, 5.41) is 5.10. The average Bonchev–Trinajstić information content (AvgIpc) is 3.30. The molecule has 0 atom stereocenters. The second-order valence-corrected chi connectivity index (χ2v) is 12.2. The molecule has 0 unspecified atom stereocenters. The number of ether oxygens (including phenoxy) is 2. The number of amides is 4. The van der Waals surface area contributed by atoms with E-state index < -0.39 is 34.0 Å². The van der Waals surface area contributed by atoms with Crippen molar-refractivity contribution < 1.29 is 37.1 Å². The maximum absolute atomic E-state index is 13.2. The van der Waals surface area contributed by atoms with Crippen LogP contribution in [0, 0.1) is 0 Å². The number of hydrogen-bond donors (Lipinski definition) is 2. The fourth-order valence-corrected chi connectivity index (χ4v) is 7.26. The van der Waals surface area contributed by atoms with Crippen LogP contribution in [0.5, 0.6) is 0 Å². The zero-order valence-electron chi connectivity index (χ0n) is 23.7. The van der Waals surface area contributed by atoms with Crippen LogP contribution in [0.3, 0.4) is 0 Å². The van der Waals surface area contributed by atoms with E-state index >= 15 is 0 Å². The summed E-state index contributed by atoms with van der Waals surface area (Å²) in [7, 11) is -3.72. The highest BCUT2D eigenvalue weighted by molar-refractivity contribution is 7.89. The molecule has 0 saturated carbocycles. The van der Waals surface area contributed by atoms with Crippen LogP contribution in [0.15, 0.2) is 29.2 Å². The Bertz CT molecular complexity index is 1370. The van der Waals surface area contributed by atoms with Gasteiger partial charge in [0.1, 0.15) is 5.00 Å². The van der Waals surface area contributed by atoms with Gasteiger partial charge in [0, 0.05) is 30.1 Å². The van der Waals surface area contributed by atoms with Crippen LogP contribution >= 0.6 is 11.3 Å². The lowest BCUT2D eigenvalue weighted by Crippen LogP contribution is -2.37. The molecule has 12 nitrogen and oxygen atoms in total. The van der Waals surface area contributed by atoms with Crippen LogP contribution in [-0.4, -0.2) is 74.5 Å². The zero-order chi connectivity index (χ0) is 30.2. The number of anilines is 1. The summed E-state index contributed by atoms with van der Waals surface area (Å²) >= 11 is 1.12. The lowest BCUT2D eigenvalue weighted by Gasteiger charge is -2.26. The van der Waals surface area contributed by atoms with Crippen molar-refractivity contribution in [3.8, 4) is 0 Å². The molecule has 0 spiro atoms. The molecule has 0 aliphatic carbocycles. The maximum Gasteiger partial charge on any atom is 0.414 e. The Hall–Kier alpha value is -3.49. The summed E-state index contributed by atoms with van der Waals surface area (Å²) in [6.45, 7) is 8.66. The highest BCUT2D eigenvalue weighted by Crippen LogP contribution is 2.37. The molecule has 0 radical (unpaired) electrons. The first-order valence-electron chi connectivity index (χ1n) is 13.5. The van der Waals surface area contributed by atoms with Crippen molar-refractivity contribution in [3.05, 3.63) is 45.8 Å². The van der Waals surface area contributed by atoms with Gasteiger partial charge >= 0.3 is 12.2 Å². The monoisotopic (exact) mass is 608 g/mol. The predicted molar refractivity (Wildman–Crippen MR) is 154 cm³/mol. The number of benzene rings is 1. The lowest BCUT2D eigenvalue weighted by atomic mass is 10.0. The smallest absolute Gasteiger partial charge is 0.414 e. The number of carbonyl (C=O) groups excluding carboxylic acids is 4. The van der Waals surface area contributed by atoms with Crippen LogP contribution in [0.25, 0.3) is 0 Å². The number of alkyl carbamates (subject to hydrolysis) is 1. The van der Waals surface area contributed by atoms with Crippen molar-refractivity contribution >= 4 is 50.4 Å². The van der Waals surface area contributed by atoms with Gasteiger partial charge in [-0.05, 0) is 62.9 Å². The van der Waals surface area contributed by atoms with E-state index in [0.717, 1.165) is 11.3 Å². The first kappa shape index (κ1) is 32.0. The molecule has 0 bridgehead atoms. The van der Waals surface area contributed by atoms with Gasteiger partial charge < -0.3 is 19.7 Å². The Morgan fingerprint density at radius 3 is 2.17 bits per heavy atom. The number of hydrogen-bond acceptors (Lipinski definition) is 9. The summed E-state index contributed by atoms with van der Waals surface area (Å²) in [6.07, 6.45) is 0.254. The van der Waals surface area contributed by atoms with E-state index in [1.54, 1.807) is 13.8 Å². The second-order valence-electron chi connectivity index (χ2n) is 9.14. The zero-order valence-corrected chi connectivity index (χ0v) is 25.3. The van der Waals surface area contributed by atoms with E-state index in [-0.39, 0.29) is 40.8 Å². The molecule has 1 aliphatic rings. The van der Waals surface area contributed by atoms with Crippen molar-refractivity contribution in [2.75, 3.05) is 38.2 Å². The van der Waals surface area contributed by atoms with Gasteiger partial charge in [-0.25, -0.2) is 18.0 Å². The largest absolute Gasteiger partial charge is 0.450 e. The van der Waals surface area contributed by atoms with Gasteiger partial charge in [-0.2, -0.15) is 4.31 Å². The molecule has 2 N–H and O–H groups in total. The Morgan fingerprint density at radius 1 is 0.951 bits per heavy atom. The second kappa shape index (κ2) is 14.4. The van der Waals surface area contributed by atoms with Crippen LogP contribution in [0.2, 0.25) is 0 Å². The van der Waals surface area contributed by atoms with E-state index in [0.29, 0.717) is 49.3 Å². The quantitative estimate of drug-likeness (QED) is 0.385. The molecule has 41 heavy (non-hydrogen) atoms. The van der Waals surface area contributed by atoms with E-state index in [1.807, 2.05) is 13.8 Å². The number of imide groups is 1. The topological polar surface area (TPSA) is 151 Å². The van der Waals surface area contributed by atoms with Crippen LogP contribution in [0.1, 0.15) is 71.7 Å². The fraction of sp³-hybridized carbons (Fsp3) is 0.481. The van der Waals surface area contributed by atoms with Crippen molar-refractivity contribution in [2.45, 2.75) is 58.4 Å². The van der Waals surface area contributed by atoms with Crippen molar-refractivity contribution in [1.29, 1.82) is 0 Å². The molecular weight excluding hydrogens is 572 g/mol. The summed E-state index contributed by atoms with van der Waals surface area (Å²) in [4.78, 5) is 52.8. The molecule has 0 saturated heterocycles. The Balaban J connectivity index is 1.89. The number of sulfonamides is 1. The number of carbonyl (C=O) groups is 4. The molecule has 1 aliphatic heterocycles. The van der Waals surface area contributed by atoms with Crippen LogP contribution in [0.4, 0.5) is 14.6 Å². The summed E-state index contributed by atoms with van der Waals surface area (Å²) in [5.74, 6) is -1.31. The van der Waals surface area contributed by atoms with Crippen molar-refractivity contribution in [1.82, 2.24) is 14.5 Å². The van der Waals surface area contributed by atoms with Gasteiger partial charge in [0.25, 0.3) is 11.8 Å². The standard InChI is InChI=1S/C27H36N4O8S2/c1-5-14-31(15-6-2)41(36,37)19-11-9-18(10-12-19)23(32)28-25-22(24(33)29-26(34)38-7-3)20-13-16-30(17-21(20)40-25)27(35)39-8-4/h9-12H,5-8,13-17H2,1-4H3,(H,28,32)(H,29,33,34). The summed E-state index contributed by atoms with van der Waals surface area (Å²) in [5.41, 5.74) is 0.905. The van der Waals surface area contributed by atoms with Crippen LogP contribution < -0.4 is 10.6 Å². The Kier molecular flexibility index (Phi) is 11.3. The highest BCUT2D eigenvalue weighted by atomic mass is 32.2. The first-order chi connectivity index (χ1) is 19.6. The number of fused-ring (bicyclic) bond motifs is 1. The minimum atomic E-state index is -3.72. The van der Waals surface area contributed by atoms with Gasteiger partial charge in [-0.3, -0.25) is 14.9 Å². The van der Waals surface area contributed by atoms with E-state index in [1.165, 1.54) is 33.5 Å². The molecule has 2 heterocycles. The molecule has 4 amide bonds. The molecule has 3 rings (SSSR count). The molecule has 0 fully saturated rings. The van der Waals surface area contributed by atoms with Crippen molar-refractivity contribution in [3.63, 3.8) is 0 Å². The van der Waals surface area contributed by atoms with Gasteiger partial charge in [0.2, 0.25) is 10.0 Å². The number of thiophene rings is 1. The average molecular weight is 609 g/mol. The van der Waals surface area contributed by atoms with Gasteiger partial charge in [0.05, 0.1) is 30.2 Å². The Labute approximate surface area is 244 Å². The maximum atomic E-state index is 13.2. The third-order valence-corrected chi connectivity index (χ3v) is 9.27.